The highest BCUT2D eigenvalue weighted by Crippen LogP contribution is 2.06. The summed E-state index contributed by atoms with van der Waals surface area (Å²) in [5, 5.41) is 2.98. The fourth-order valence-corrected chi connectivity index (χ4v) is 3.15. The van der Waals surface area contributed by atoms with E-state index in [1.807, 2.05) is 60.7 Å². The van der Waals surface area contributed by atoms with Crippen molar-refractivity contribution in [2.45, 2.75) is 32.1 Å². The molecule has 0 bridgehead atoms. The number of benzene rings is 2. The first-order valence-corrected chi connectivity index (χ1v) is 10.9. The molecule has 8 heteroatoms. The van der Waals surface area contributed by atoms with Crippen molar-refractivity contribution in [2.75, 3.05) is 14.1 Å². The van der Waals surface area contributed by atoms with E-state index in [0.717, 1.165) is 12.8 Å². The molecule has 2 amide bonds. The maximum Gasteiger partial charge on any atom is 0.248 e. The minimum Gasteiger partial charge on any atom is -0.282 e. The van der Waals surface area contributed by atoms with Crippen LogP contribution in [-0.4, -0.2) is 45.9 Å². The molecule has 2 rings (SSSR count). The van der Waals surface area contributed by atoms with Gasteiger partial charge in [-0.3, -0.25) is 30.5 Å². The molecule has 6 nitrogen and oxygen atoms in total. The maximum absolute atomic E-state index is 12.2. The van der Waals surface area contributed by atoms with Crippen LogP contribution in [0.1, 0.15) is 30.4 Å². The van der Waals surface area contributed by atoms with Crippen LogP contribution in [0, 0.1) is 0 Å². The largest absolute Gasteiger partial charge is 0.282 e. The summed E-state index contributed by atoms with van der Waals surface area (Å²) in [5.74, 6) is -0.878. The lowest BCUT2D eigenvalue weighted by Crippen LogP contribution is -2.47. The van der Waals surface area contributed by atoms with Crippen LogP contribution in [0.15, 0.2) is 60.7 Å². The monoisotopic (exact) mass is 456 g/mol. The molecule has 0 spiro atoms. The number of carbonyl (C=O) groups is 2. The topological polar surface area (TPSA) is 64.7 Å². The van der Waals surface area contributed by atoms with Crippen LogP contribution in [0.5, 0.6) is 0 Å². The Hall–Kier alpha value is -2.84. The van der Waals surface area contributed by atoms with Gasteiger partial charge in [0.15, 0.2) is 0 Å². The summed E-state index contributed by atoms with van der Waals surface area (Å²) >= 11 is 10.7. The van der Waals surface area contributed by atoms with E-state index in [-0.39, 0.29) is 6.42 Å². The van der Waals surface area contributed by atoms with Crippen LogP contribution in [0.2, 0.25) is 0 Å². The molecule has 0 radical (unpaired) electrons. The molecule has 0 aromatic heterocycles. The Bertz CT molecular complexity index is 817. The van der Waals surface area contributed by atoms with E-state index >= 15 is 0 Å². The number of carbonyl (C=O) groups excluding carboxylic acids is 2. The number of rotatable bonds is 8. The Labute approximate surface area is 194 Å². The Balaban J connectivity index is 1.68. The summed E-state index contributed by atoms with van der Waals surface area (Å²) in [6, 6.07) is 20.0. The van der Waals surface area contributed by atoms with E-state index in [0.29, 0.717) is 22.8 Å². The SMILES string of the molecule is CN(NC(=O)CC(=O)NN(C)C(=S)CCc1ccccc1)C(=S)CCc1ccccc1. The number of aryl methyl sites for hydroxylation is 2. The number of thiocarbonyl (C=S) groups is 2. The second kappa shape index (κ2) is 12.8. The minimum atomic E-state index is -0.439. The highest BCUT2D eigenvalue weighted by atomic mass is 32.1. The zero-order valence-electron chi connectivity index (χ0n) is 17.8. The third-order valence-electron chi connectivity index (χ3n) is 4.59. The van der Waals surface area contributed by atoms with Crippen molar-refractivity contribution in [1.82, 2.24) is 20.9 Å². The smallest absolute Gasteiger partial charge is 0.248 e. The van der Waals surface area contributed by atoms with Crippen LogP contribution >= 0.6 is 24.4 Å². The Morgan fingerprint density at radius 2 is 1.06 bits per heavy atom. The molecule has 2 aromatic rings. The molecular weight excluding hydrogens is 428 g/mol. The van der Waals surface area contributed by atoms with Gasteiger partial charge in [0.2, 0.25) is 11.8 Å². The highest BCUT2D eigenvalue weighted by Gasteiger charge is 2.15. The molecular formula is C23H28N4O2S2. The van der Waals surface area contributed by atoms with Gasteiger partial charge in [0.05, 0.1) is 9.98 Å². The average Bonchev–Trinajstić information content (AvgIpc) is 2.76. The number of hydrogen-bond donors (Lipinski definition) is 2. The maximum atomic E-state index is 12.2. The molecule has 0 fully saturated rings. The lowest BCUT2D eigenvalue weighted by atomic mass is 10.1. The van der Waals surface area contributed by atoms with Crippen molar-refractivity contribution >= 4 is 46.2 Å². The van der Waals surface area contributed by atoms with Gasteiger partial charge in [-0.25, -0.2) is 0 Å². The summed E-state index contributed by atoms with van der Waals surface area (Å²) in [7, 11) is 3.35. The Morgan fingerprint density at radius 1 is 0.710 bits per heavy atom. The molecule has 2 N–H and O–H groups in total. The second-order valence-electron chi connectivity index (χ2n) is 7.12. The summed E-state index contributed by atoms with van der Waals surface area (Å²) in [6.45, 7) is 0. The van der Waals surface area contributed by atoms with Gasteiger partial charge in [-0.2, -0.15) is 0 Å². The van der Waals surface area contributed by atoms with Gasteiger partial charge in [0.1, 0.15) is 6.42 Å². The average molecular weight is 457 g/mol. The van der Waals surface area contributed by atoms with Crippen LogP contribution in [-0.2, 0) is 22.4 Å². The van der Waals surface area contributed by atoms with E-state index < -0.39 is 11.8 Å². The zero-order chi connectivity index (χ0) is 22.6. The summed E-state index contributed by atoms with van der Waals surface area (Å²) in [5.41, 5.74) is 7.63. The molecule has 0 aliphatic heterocycles. The fraction of sp³-hybridized carbons (Fsp3) is 0.304. The lowest BCUT2D eigenvalue weighted by Gasteiger charge is -2.23. The first-order valence-electron chi connectivity index (χ1n) is 10.0. The Kier molecular flexibility index (Phi) is 10.1. The third-order valence-corrected chi connectivity index (χ3v) is 5.55. The molecule has 0 aliphatic carbocycles. The molecule has 0 saturated heterocycles. The molecule has 0 heterocycles. The van der Waals surface area contributed by atoms with Gasteiger partial charge in [0, 0.05) is 26.9 Å². The van der Waals surface area contributed by atoms with E-state index in [1.54, 1.807) is 14.1 Å². The van der Waals surface area contributed by atoms with E-state index in [4.69, 9.17) is 24.4 Å². The number of amides is 2. The summed E-state index contributed by atoms with van der Waals surface area (Å²) in [6.07, 6.45) is 2.50. The van der Waals surface area contributed by atoms with Gasteiger partial charge in [-0.05, 0) is 24.0 Å². The number of nitrogens with one attached hydrogen (secondary N) is 2. The normalized spacial score (nSPS) is 10.1. The Morgan fingerprint density at radius 3 is 1.42 bits per heavy atom. The van der Waals surface area contributed by atoms with Crippen molar-refractivity contribution in [1.29, 1.82) is 0 Å². The summed E-state index contributed by atoms with van der Waals surface area (Å²) < 4.78 is 0. The summed E-state index contributed by atoms with van der Waals surface area (Å²) in [4.78, 5) is 25.5. The first-order chi connectivity index (χ1) is 14.8. The number of hydrazine groups is 2. The molecule has 0 saturated carbocycles. The number of nitrogens with zero attached hydrogens (tertiary/aromatic N) is 2. The van der Waals surface area contributed by atoms with E-state index in [1.165, 1.54) is 21.1 Å². The molecule has 164 valence electrons. The molecule has 0 atom stereocenters. The van der Waals surface area contributed by atoms with Gasteiger partial charge in [0.25, 0.3) is 0 Å². The second-order valence-corrected chi connectivity index (χ2v) is 8.07. The van der Waals surface area contributed by atoms with Crippen molar-refractivity contribution in [3.63, 3.8) is 0 Å². The van der Waals surface area contributed by atoms with Crippen LogP contribution < -0.4 is 10.9 Å². The quantitative estimate of drug-likeness (QED) is 0.361. The number of hydrogen-bond acceptors (Lipinski definition) is 4. The van der Waals surface area contributed by atoms with Crippen LogP contribution in [0.25, 0.3) is 0 Å². The van der Waals surface area contributed by atoms with Gasteiger partial charge >= 0.3 is 0 Å². The van der Waals surface area contributed by atoms with Gasteiger partial charge < -0.3 is 0 Å². The van der Waals surface area contributed by atoms with Crippen LogP contribution in [0.4, 0.5) is 0 Å². The fourth-order valence-electron chi connectivity index (χ4n) is 2.85. The zero-order valence-corrected chi connectivity index (χ0v) is 19.5. The van der Waals surface area contributed by atoms with Gasteiger partial charge in [-0.15, -0.1) is 0 Å². The predicted molar refractivity (Wildman–Crippen MR) is 131 cm³/mol. The minimum absolute atomic E-state index is 0.322. The van der Waals surface area contributed by atoms with Crippen LogP contribution in [0.3, 0.4) is 0 Å². The van der Waals surface area contributed by atoms with Crippen molar-refractivity contribution < 1.29 is 9.59 Å². The molecule has 31 heavy (non-hydrogen) atoms. The third kappa shape index (κ3) is 9.23. The van der Waals surface area contributed by atoms with E-state index in [9.17, 15) is 9.59 Å². The lowest BCUT2D eigenvalue weighted by molar-refractivity contribution is -0.132. The van der Waals surface area contributed by atoms with Crippen molar-refractivity contribution in [3.05, 3.63) is 71.8 Å². The molecule has 0 unspecified atom stereocenters. The van der Waals surface area contributed by atoms with E-state index in [2.05, 4.69) is 10.9 Å². The first kappa shape index (κ1) is 24.4. The van der Waals surface area contributed by atoms with Crippen molar-refractivity contribution in [3.8, 4) is 0 Å². The van der Waals surface area contributed by atoms with Gasteiger partial charge in [-0.1, -0.05) is 85.1 Å². The highest BCUT2D eigenvalue weighted by molar-refractivity contribution is 7.80. The molecule has 0 aliphatic rings. The van der Waals surface area contributed by atoms with Crippen molar-refractivity contribution in [2.24, 2.45) is 0 Å². The standard InChI is InChI=1S/C23H28N4O2S2/c1-26(22(30)15-13-18-9-5-3-6-10-18)24-20(28)17-21(29)25-27(2)23(31)16-14-19-11-7-4-8-12-19/h3-12H,13-17H2,1-2H3,(H,24,28)(H,25,29). The predicted octanol–water partition coefficient (Wildman–Crippen LogP) is 3.22. The molecule has 2 aromatic carbocycles.